The fraction of sp³-hybridized carbons (Fsp3) is 0.412. The number of hydrogen-bond acceptors (Lipinski definition) is 3. The van der Waals surface area contributed by atoms with Crippen molar-refractivity contribution in [3.05, 3.63) is 36.0 Å². The number of fused-ring (bicyclic) bond motifs is 1. The summed E-state index contributed by atoms with van der Waals surface area (Å²) >= 11 is 0. The van der Waals surface area contributed by atoms with Gasteiger partial charge in [0.25, 0.3) is 5.91 Å². The highest BCUT2D eigenvalue weighted by atomic mass is 16.5. The minimum Gasteiger partial charge on any atom is -0.481 e. The number of nitrogens with zero attached hydrogens (tertiary/aromatic N) is 1. The number of carbonyl (C=O) groups excluding carboxylic acids is 1. The highest BCUT2D eigenvalue weighted by Gasteiger charge is 2.12. The van der Waals surface area contributed by atoms with Crippen LogP contribution < -0.4 is 10.1 Å². The van der Waals surface area contributed by atoms with Crippen LogP contribution in [0.2, 0.25) is 0 Å². The molecule has 112 valence electrons. The molecule has 0 unspecified atom stereocenters. The zero-order valence-corrected chi connectivity index (χ0v) is 13.0. The molecule has 1 amide bonds. The molecule has 0 saturated heterocycles. The van der Waals surface area contributed by atoms with Gasteiger partial charge in [-0.05, 0) is 31.9 Å². The molecule has 0 spiro atoms. The van der Waals surface area contributed by atoms with E-state index >= 15 is 0 Å². The Morgan fingerprint density at radius 1 is 1.24 bits per heavy atom. The van der Waals surface area contributed by atoms with E-state index in [1.165, 1.54) is 0 Å². The largest absolute Gasteiger partial charge is 0.481 e. The molecule has 1 N–H and O–H groups in total. The smallest absolute Gasteiger partial charge is 0.258 e. The first kappa shape index (κ1) is 15.3. The molecule has 2 aromatic rings. The summed E-state index contributed by atoms with van der Waals surface area (Å²) in [5.41, 5.74) is 1.72. The molecule has 0 radical (unpaired) electrons. The summed E-state index contributed by atoms with van der Waals surface area (Å²) in [5, 5.41) is 3.93. The van der Waals surface area contributed by atoms with E-state index in [0.717, 1.165) is 16.6 Å². The van der Waals surface area contributed by atoms with Crippen LogP contribution in [0.15, 0.2) is 30.3 Å². The minimum atomic E-state index is -0.110. The maximum Gasteiger partial charge on any atom is 0.258 e. The molecule has 4 heteroatoms. The van der Waals surface area contributed by atoms with Gasteiger partial charge in [-0.2, -0.15) is 0 Å². The fourth-order valence-corrected chi connectivity index (χ4v) is 1.94. The molecule has 0 aliphatic heterocycles. The van der Waals surface area contributed by atoms with E-state index in [4.69, 9.17) is 4.74 Å². The number of rotatable bonds is 5. The summed E-state index contributed by atoms with van der Waals surface area (Å²) in [4.78, 5) is 16.4. The van der Waals surface area contributed by atoms with Gasteiger partial charge in [-0.25, -0.2) is 4.98 Å². The molecule has 0 fully saturated rings. The van der Waals surface area contributed by atoms with E-state index in [-0.39, 0.29) is 18.6 Å². The summed E-state index contributed by atoms with van der Waals surface area (Å²) in [6.07, 6.45) is 0. The van der Waals surface area contributed by atoms with Gasteiger partial charge in [-0.15, -0.1) is 0 Å². The standard InChI is InChI=1S/C17H22N2O2/c1-11(2)13(4)19-16(20)10-21-15-7-5-6-14-9-8-12(3)18-17(14)15/h5-9,11,13H,10H2,1-4H3,(H,19,20)/t13-/m0/s1. The molecule has 21 heavy (non-hydrogen) atoms. The molecular weight excluding hydrogens is 264 g/mol. The summed E-state index contributed by atoms with van der Waals surface area (Å²) in [5.74, 6) is 0.931. The molecule has 1 heterocycles. The van der Waals surface area contributed by atoms with Crippen molar-refractivity contribution in [1.82, 2.24) is 10.3 Å². The normalized spacial score (nSPS) is 12.4. The second-order valence-electron chi connectivity index (χ2n) is 5.67. The lowest BCUT2D eigenvalue weighted by atomic mass is 10.1. The Hall–Kier alpha value is -2.10. The number of carbonyl (C=O) groups is 1. The van der Waals surface area contributed by atoms with Gasteiger partial charge in [-0.3, -0.25) is 4.79 Å². The zero-order valence-electron chi connectivity index (χ0n) is 13.0. The quantitative estimate of drug-likeness (QED) is 0.919. The number of pyridine rings is 1. The minimum absolute atomic E-state index is 0.00575. The average Bonchev–Trinajstić information content (AvgIpc) is 2.44. The maximum absolute atomic E-state index is 11.9. The van der Waals surface area contributed by atoms with Crippen molar-refractivity contribution >= 4 is 16.8 Å². The van der Waals surface area contributed by atoms with E-state index in [1.54, 1.807) is 0 Å². The summed E-state index contributed by atoms with van der Waals surface area (Å²) in [7, 11) is 0. The maximum atomic E-state index is 11.9. The molecule has 0 aliphatic carbocycles. The number of aromatic nitrogens is 1. The molecule has 1 aromatic heterocycles. The van der Waals surface area contributed by atoms with Crippen molar-refractivity contribution in [3.63, 3.8) is 0 Å². The van der Waals surface area contributed by atoms with E-state index in [2.05, 4.69) is 24.1 Å². The number of nitrogens with one attached hydrogen (secondary N) is 1. The summed E-state index contributed by atoms with van der Waals surface area (Å²) in [6, 6.07) is 9.83. The molecule has 2 rings (SSSR count). The Labute approximate surface area is 125 Å². The van der Waals surface area contributed by atoms with Crippen LogP contribution in [0, 0.1) is 12.8 Å². The summed E-state index contributed by atoms with van der Waals surface area (Å²) < 4.78 is 5.64. The SMILES string of the molecule is Cc1ccc2cccc(OCC(=O)N[C@@H](C)C(C)C)c2n1. The second kappa shape index (κ2) is 6.57. The lowest BCUT2D eigenvalue weighted by Crippen LogP contribution is -2.38. The van der Waals surface area contributed by atoms with Crippen molar-refractivity contribution in [3.8, 4) is 5.75 Å². The van der Waals surface area contributed by atoms with Gasteiger partial charge in [0.05, 0.1) is 0 Å². The number of ether oxygens (including phenoxy) is 1. The van der Waals surface area contributed by atoms with Crippen LogP contribution in [-0.2, 0) is 4.79 Å². The van der Waals surface area contributed by atoms with Gasteiger partial charge < -0.3 is 10.1 Å². The predicted molar refractivity (Wildman–Crippen MR) is 84.4 cm³/mol. The fourth-order valence-electron chi connectivity index (χ4n) is 1.94. The van der Waals surface area contributed by atoms with Crippen molar-refractivity contribution in [1.29, 1.82) is 0 Å². The summed E-state index contributed by atoms with van der Waals surface area (Å²) in [6.45, 7) is 8.08. The van der Waals surface area contributed by atoms with Gasteiger partial charge in [0.15, 0.2) is 6.61 Å². The average molecular weight is 286 g/mol. The Kier molecular flexibility index (Phi) is 4.78. The van der Waals surface area contributed by atoms with Crippen LogP contribution in [0.1, 0.15) is 26.5 Å². The third-order valence-electron chi connectivity index (χ3n) is 3.57. The van der Waals surface area contributed by atoms with Crippen LogP contribution >= 0.6 is 0 Å². The highest BCUT2D eigenvalue weighted by molar-refractivity contribution is 5.85. The number of amides is 1. The van der Waals surface area contributed by atoms with Gasteiger partial charge in [0.2, 0.25) is 0 Å². The first-order valence-corrected chi connectivity index (χ1v) is 7.26. The van der Waals surface area contributed by atoms with Crippen LogP contribution in [0.25, 0.3) is 10.9 Å². The van der Waals surface area contributed by atoms with Gasteiger partial charge in [0.1, 0.15) is 11.3 Å². The van der Waals surface area contributed by atoms with E-state index in [1.807, 2.05) is 44.2 Å². The number of hydrogen-bond donors (Lipinski definition) is 1. The van der Waals surface area contributed by atoms with Crippen molar-refractivity contribution in [2.45, 2.75) is 33.7 Å². The molecule has 0 bridgehead atoms. The number of para-hydroxylation sites is 1. The van der Waals surface area contributed by atoms with Crippen molar-refractivity contribution in [2.75, 3.05) is 6.61 Å². The predicted octanol–water partition coefficient (Wildman–Crippen LogP) is 3.08. The van der Waals surface area contributed by atoms with E-state index in [0.29, 0.717) is 11.7 Å². The Morgan fingerprint density at radius 2 is 2.00 bits per heavy atom. The van der Waals surface area contributed by atoms with Crippen LogP contribution in [0.3, 0.4) is 0 Å². The monoisotopic (exact) mass is 286 g/mol. The lowest BCUT2D eigenvalue weighted by molar-refractivity contribution is -0.123. The van der Waals surface area contributed by atoms with Crippen molar-refractivity contribution in [2.24, 2.45) is 5.92 Å². The first-order valence-electron chi connectivity index (χ1n) is 7.26. The molecule has 1 aromatic carbocycles. The second-order valence-corrected chi connectivity index (χ2v) is 5.67. The van der Waals surface area contributed by atoms with Crippen LogP contribution in [0.5, 0.6) is 5.75 Å². The molecule has 4 nitrogen and oxygen atoms in total. The Morgan fingerprint density at radius 3 is 2.71 bits per heavy atom. The first-order chi connectivity index (χ1) is 9.97. The third-order valence-corrected chi connectivity index (χ3v) is 3.57. The van der Waals surface area contributed by atoms with Crippen LogP contribution in [-0.4, -0.2) is 23.5 Å². The Balaban J connectivity index is 2.07. The van der Waals surface area contributed by atoms with Crippen LogP contribution in [0.4, 0.5) is 0 Å². The van der Waals surface area contributed by atoms with E-state index < -0.39 is 0 Å². The highest BCUT2D eigenvalue weighted by Crippen LogP contribution is 2.23. The number of benzene rings is 1. The Bertz CT molecular complexity index is 638. The molecule has 0 aliphatic rings. The molecule has 1 atom stereocenters. The zero-order chi connectivity index (χ0) is 15.4. The van der Waals surface area contributed by atoms with Gasteiger partial charge >= 0.3 is 0 Å². The third kappa shape index (κ3) is 3.94. The van der Waals surface area contributed by atoms with Crippen molar-refractivity contribution < 1.29 is 9.53 Å². The lowest BCUT2D eigenvalue weighted by Gasteiger charge is -2.17. The topological polar surface area (TPSA) is 51.2 Å². The molecule has 0 saturated carbocycles. The van der Waals surface area contributed by atoms with Gasteiger partial charge in [-0.1, -0.05) is 32.0 Å². The van der Waals surface area contributed by atoms with E-state index in [9.17, 15) is 4.79 Å². The van der Waals surface area contributed by atoms with Gasteiger partial charge in [0, 0.05) is 17.1 Å². The number of aryl methyl sites for hydroxylation is 1. The molecular formula is C17H22N2O2.